The summed E-state index contributed by atoms with van der Waals surface area (Å²) in [4.78, 5) is 18.5. The maximum Gasteiger partial charge on any atom is 0.258 e. The third-order valence-electron chi connectivity index (χ3n) is 3.89. The van der Waals surface area contributed by atoms with Gasteiger partial charge < -0.3 is 19.7 Å². The van der Waals surface area contributed by atoms with E-state index in [-0.39, 0.29) is 23.3 Å². The average molecular weight is 380 g/mol. The van der Waals surface area contributed by atoms with Gasteiger partial charge in [0.05, 0.1) is 18.2 Å². The zero-order chi connectivity index (χ0) is 18.4. The molecule has 1 aliphatic rings. The van der Waals surface area contributed by atoms with Crippen molar-refractivity contribution in [1.29, 1.82) is 0 Å². The Hall–Kier alpha value is -2.38. The second-order valence-corrected chi connectivity index (χ2v) is 6.17. The second-order valence-electron chi connectivity index (χ2n) is 5.76. The van der Waals surface area contributed by atoms with Gasteiger partial charge in [0.25, 0.3) is 5.91 Å². The lowest BCUT2D eigenvalue weighted by molar-refractivity contribution is -0.123. The molecule has 1 N–H and O–H groups in total. The van der Waals surface area contributed by atoms with Crippen molar-refractivity contribution < 1.29 is 18.7 Å². The van der Waals surface area contributed by atoms with Crippen molar-refractivity contribution in [1.82, 2.24) is 10.3 Å². The van der Waals surface area contributed by atoms with Gasteiger partial charge in [-0.2, -0.15) is 0 Å². The van der Waals surface area contributed by atoms with Crippen molar-refractivity contribution in [3.63, 3.8) is 0 Å². The summed E-state index contributed by atoms with van der Waals surface area (Å²) in [6.07, 6.45) is 1.74. The number of anilines is 1. The standard InChI is InChI=1S/C18H19ClFN3O3/c19-15-9-14(20)2-3-16(15)26-12-18(24)22-11-13-1-4-17(21-10-13)23-5-7-25-8-6-23/h1-4,9-10H,5-8,11-12H2,(H,22,24). The van der Waals surface area contributed by atoms with E-state index in [1.165, 1.54) is 12.1 Å². The number of nitrogens with one attached hydrogen (secondary N) is 1. The van der Waals surface area contributed by atoms with Gasteiger partial charge in [-0.1, -0.05) is 17.7 Å². The Morgan fingerprint density at radius 2 is 2.12 bits per heavy atom. The monoisotopic (exact) mass is 379 g/mol. The first kappa shape index (κ1) is 18.4. The van der Waals surface area contributed by atoms with Crippen molar-refractivity contribution in [3.8, 4) is 5.75 Å². The van der Waals surface area contributed by atoms with Crippen LogP contribution in [0.5, 0.6) is 5.75 Å². The Bertz CT molecular complexity index is 752. The molecule has 1 aromatic heterocycles. The van der Waals surface area contributed by atoms with E-state index < -0.39 is 5.82 Å². The van der Waals surface area contributed by atoms with E-state index in [4.69, 9.17) is 21.1 Å². The Kier molecular flexibility index (Phi) is 6.25. The van der Waals surface area contributed by atoms with Crippen LogP contribution in [0.1, 0.15) is 5.56 Å². The molecule has 0 aliphatic carbocycles. The van der Waals surface area contributed by atoms with E-state index in [1.54, 1.807) is 6.20 Å². The quantitative estimate of drug-likeness (QED) is 0.835. The number of nitrogens with zero attached hydrogens (tertiary/aromatic N) is 2. The molecule has 6 nitrogen and oxygen atoms in total. The van der Waals surface area contributed by atoms with Crippen LogP contribution < -0.4 is 15.0 Å². The summed E-state index contributed by atoms with van der Waals surface area (Å²) in [5.41, 5.74) is 0.884. The normalized spacial score (nSPS) is 14.2. The van der Waals surface area contributed by atoms with Gasteiger partial charge in [-0.15, -0.1) is 0 Å². The highest BCUT2D eigenvalue weighted by molar-refractivity contribution is 6.32. The van der Waals surface area contributed by atoms with Gasteiger partial charge in [-0.25, -0.2) is 9.37 Å². The number of carbonyl (C=O) groups is 1. The second kappa shape index (κ2) is 8.82. The molecule has 26 heavy (non-hydrogen) atoms. The average Bonchev–Trinajstić information content (AvgIpc) is 2.67. The molecule has 1 aromatic carbocycles. The molecule has 0 unspecified atom stereocenters. The summed E-state index contributed by atoms with van der Waals surface area (Å²) in [5, 5.41) is 2.87. The van der Waals surface area contributed by atoms with Crippen LogP contribution in [0.3, 0.4) is 0 Å². The minimum Gasteiger partial charge on any atom is -0.482 e. The minimum absolute atomic E-state index is 0.126. The molecule has 0 spiro atoms. The molecule has 0 radical (unpaired) electrons. The van der Waals surface area contributed by atoms with Crippen molar-refractivity contribution in [2.45, 2.75) is 6.54 Å². The Morgan fingerprint density at radius 3 is 2.81 bits per heavy atom. The van der Waals surface area contributed by atoms with Crippen LogP contribution in [0.4, 0.5) is 10.2 Å². The number of pyridine rings is 1. The summed E-state index contributed by atoms with van der Waals surface area (Å²) in [6, 6.07) is 7.61. The number of halogens is 2. The number of rotatable bonds is 6. The lowest BCUT2D eigenvalue weighted by atomic mass is 10.2. The number of aromatic nitrogens is 1. The van der Waals surface area contributed by atoms with E-state index in [0.29, 0.717) is 19.8 Å². The van der Waals surface area contributed by atoms with Crippen molar-refractivity contribution in [2.75, 3.05) is 37.8 Å². The zero-order valence-corrected chi connectivity index (χ0v) is 14.8. The van der Waals surface area contributed by atoms with E-state index in [1.807, 2.05) is 12.1 Å². The lowest BCUT2D eigenvalue weighted by Gasteiger charge is -2.27. The first-order valence-electron chi connectivity index (χ1n) is 8.24. The smallest absolute Gasteiger partial charge is 0.258 e. The molecule has 0 atom stereocenters. The van der Waals surface area contributed by atoms with Gasteiger partial charge >= 0.3 is 0 Å². The van der Waals surface area contributed by atoms with Crippen LogP contribution in [0, 0.1) is 5.82 Å². The summed E-state index contributed by atoms with van der Waals surface area (Å²) in [7, 11) is 0. The van der Waals surface area contributed by atoms with Crippen LogP contribution in [0.2, 0.25) is 5.02 Å². The number of morpholine rings is 1. The van der Waals surface area contributed by atoms with Crippen molar-refractivity contribution in [2.24, 2.45) is 0 Å². The van der Waals surface area contributed by atoms with Crippen molar-refractivity contribution in [3.05, 3.63) is 52.9 Å². The number of benzene rings is 1. The molecule has 0 saturated carbocycles. The fourth-order valence-electron chi connectivity index (χ4n) is 2.49. The number of hydrogen-bond donors (Lipinski definition) is 1. The number of hydrogen-bond acceptors (Lipinski definition) is 5. The molecule has 3 rings (SSSR count). The third kappa shape index (κ3) is 5.06. The molecule has 1 amide bonds. The fraction of sp³-hybridized carbons (Fsp3) is 0.333. The maximum atomic E-state index is 13.0. The van der Waals surface area contributed by atoms with Crippen molar-refractivity contribution >= 4 is 23.3 Å². The molecular formula is C18H19ClFN3O3. The third-order valence-corrected chi connectivity index (χ3v) is 4.18. The molecule has 1 fully saturated rings. The zero-order valence-electron chi connectivity index (χ0n) is 14.1. The molecule has 138 valence electrons. The highest BCUT2D eigenvalue weighted by atomic mass is 35.5. The predicted molar refractivity (Wildman–Crippen MR) is 96.0 cm³/mol. The SMILES string of the molecule is O=C(COc1ccc(F)cc1Cl)NCc1ccc(N2CCOCC2)nc1. The van der Waals surface area contributed by atoms with E-state index in [2.05, 4.69) is 15.2 Å². The minimum atomic E-state index is -0.458. The van der Waals surface area contributed by atoms with Gasteiger partial charge in [0, 0.05) is 25.8 Å². The summed E-state index contributed by atoms with van der Waals surface area (Å²) < 4.78 is 23.6. The molecular weight excluding hydrogens is 361 g/mol. The van der Waals surface area contributed by atoms with Gasteiger partial charge in [-0.05, 0) is 29.8 Å². The molecule has 1 saturated heterocycles. The predicted octanol–water partition coefficient (Wildman–Crippen LogP) is 2.41. The number of carbonyl (C=O) groups excluding carboxylic acids is 1. The highest BCUT2D eigenvalue weighted by Crippen LogP contribution is 2.24. The number of ether oxygens (including phenoxy) is 2. The van der Waals surface area contributed by atoms with Gasteiger partial charge in [0.15, 0.2) is 6.61 Å². The fourth-order valence-corrected chi connectivity index (χ4v) is 2.71. The van der Waals surface area contributed by atoms with Crippen LogP contribution in [0.15, 0.2) is 36.5 Å². The van der Waals surface area contributed by atoms with E-state index in [0.717, 1.165) is 30.5 Å². The molecule has 1 aliphatic heterocycles. The molecule has 8 heteroatoms. The molecule has 2 heterocycles. The maximum absolute atomic E-state index is 13.0. The summed E-state index contributed by atoms with van der Waals surface area (Å²) in [6.45, 7) is 3.20. The topological polar surface area (TPSA) is 63.7 Å². The molecule has 2 aromatic rings. The van der Waals surface area contributed by atoms with E-state index >= 15 is 0 Å². The van der Waals surface area contributed by atoms with Gasteiger partial charge in [0.1, 0.15) is 17.4 Å². The first-order valence-corrected chi connectivity index (χ1v) is 8.62. The number of amides is 1. The van der Waals surface area contributed by atoms with Gasteiger partial charge in [0.2, 0.25) is 0 Å². The summed E-state index contributed by atoms with van der Waals surface area (Å²) >= 11 is 5.85. The van der Waals surface area contributed by atoms with Gasteiger partial charge in [-0.3, -0.25) is 4.79 Å². The van der Waals surface area contributed by atoms with Crippen LogP contribution >= 0.6 is 11.6 Å². The Labute approximate surface area is 155 Å². The summed E-state index contributed by atoms with van der Waals surface area (Å²) in [5.74, 6) is 0.403. The van der Waals surface area contributed by atoms with Crippen LogP contribution in [0.25, 0.3) is 0 Å². The first-order chi connectivity index (χ1) is 12.6. The van der Waals surface area contributed by atoms with E-state index in [9.17, 15) is 9.18 Å². The lowest BCUT2D eigenvalue weighted by Crippen LogP contribution is -2.36. The largest absolute Gasteiger partial charge is 0.482 e. The molecule has 0 bridgehead atoms. The Morgan fingerprint density at radius 1 is 1.31 bits per heavy atom. The Balaban J connectivity index is 1.45. The van der Waals surface area contributed by atoms with Crippen LogP contribution in [-0.2, 0) is 16.1 Å². The van der Waals surface area contributed by atoms with Crippen LogP contribution in [-0.4, -0.2) is 43.8 Å². The highest BCUT2D eigenvalue weighted by Gasteiger charge is 2.12.